The molecule has 3 heterocycles. The summed E-state index contributed by atoms with van der Waals surface area (Å²) in [6.07, 6.45) is 7.00. The van der Waals surface area contributed by atoms with E-state index >= 15 is 0 Å². The lowest BCUT2D eigenvalue weighted by Gasteiger charge is -2.32. The molecule has 1 aromatic carbocycles. The van der Waals surface area contributed by atoms with Crippen LogP contribution >= 0.6 is 0 Å². The zero-order valence-electron chi connectivity index (χ0n) is 13.3. The van der Waals surface area contributed by atoms with Crippen LogP contribution in [-0.2, 0) is 0 Å². The van der Waals surface area contributed by atoms with Crippen LogP contribution in [0.4, 0.5) is 5.82 Å². The van der Waals surface area contributed by atoms with Crippen molar-refractivity contribution in [2.45, 2.75) is 18.9 Å². The number of H-pyrrole nitrogens is 1. The summed E-state index contributed by atoms with van der Waals surface area (Å²) in [5.74, 6) is 0.950. The second-order valence-corrected chi connectivity index (χ2v) is 6.09. The Balaban J connectivity index is 1.39. The van der Waals surface area contributed by atoms with E-state index in [1.165, 1.54) is 6.33 Å². The number of hydrogen-bond acceptors (Lipinski definition) is 4. The molecule has 1 saturated heterocycles. The molecule has 0 aliphatic carbocycles. The summed E-state index contributed by atoms with van der Waals surface area (Å²) in [6, 6.07) is 10.0. The van der Waals surface area contributed by atoms with Crippen molar-refractivity contribution in [1.82, 2.24) is 19.9 Å². The predicted octanol–water partition coefficient (Wildman–Crippen LogP) is 2.67. The van der Waals surface area contributed by atoms with E-state index in [4.69, 9.17) is 0 Å². The normalized spacial score (nSPS) is 15.6. The third kappa shape index (κ3) is 2.95. The van der Waals surface area contributed by atoms with Crippen LogP contribution in [0.3, 0.4) is 0 Å². The highest BCUT2D eigenvalue weighted by Gasteiger charge is 2.23. The lowest BCUT2D eigenvalue weighted by Crippen LogP contribution is -2.42. The Labute approximate surface area is 139 Å². The van der Waals surface area contributed by atoms with Crippen LogP contribution < -0.4 is 5.32 Å². The number of carbonyl (C=O) groups excluding carboxylic acids is 1. The first-order chi connectivity index (χ1) is 11.8. The molecule has 122 valence electrons. The van der Waals surface area contributed by atoms with Gasteiger partial charge in [0.15, 0.2) is 0 Å². The molecule has 0 radical (unpaired) electrons. The Morgan fingerprint density at radius 2 is 2.08 bits per heavy atom. The highest BCUT2D eigenvalue weighted by atomic mass is 16.2. The second-order valence-electron chi connectivity index (χ2n) is 6.09. The Hall–Kier alpha value is -2.89. The third-order valence-electron chi connectivity index (χ3n) is 4.52. The SMILES string of the molecule is O=C(c1ccc2[nH]ccc2c1)N1CCC(Nc2ccncn2)CC1. The first kappa shape index (κ1) is 14.7. The van der Waals surface area contributed by atoms with Gasteiger partial charge in [-0.1, -0.05) is 0 Å². The molecule has 1 aliphatic heterocycles. The van der Waals surface area contributed by atoms with Gasteiger partial charge in [0, 0.05) is 48.0 Å². The number of aromatic amines is 1. The van der Waals surface area contributed by atoms with Gasteiger partial charge in [-0.25, -0.2) is 9.97 Å². The summed E-state index contributed by atoms with van der Waals surface area (Å²) >= 11 is 0. The van der Waals surface area contributed by atoms with E-state index in [9.17, 15) is 4.79 Å². The van der Waals surface area contributed by atoms with Crippen molar-refractivity contribution >= 4 is 22.6 Å². The lowest BCUT2D eigenvalue weighted by atomic mass is 10.0. The monoisotopic (exact) mass is 321 g/mol. The van der Waals surface area contributed by atoms with E-state index in [0.717, 1.165) is 48.2 Å². The molecular formula is C18H19N5O. The first-order valence-electron chi connectivity index (χ1n) is 8.18. The number of anilines is 1. The number of aromatic nitrogens is 3. The van der Waals surface area contributed by atoms with Crippen molar-refractivity contribution in [2.75, 3.05) is 18.4 Å². The number of likely N-dealkylation sites (tertiary alicyclic amines) is 1. The molecule has 0 spiro atoms. The van der Waals surface area contributed by atoms with Gasteiger partial charge < -0.3 is 15.2 Å². The van der Waals surface area contributed by atoms with Crippen LogP contribution in [0, 0.1) is 0 Å². The molecule has 0 bridgehead atoms. The Morgan fingerprint density at radius 3 is 2.88 bits per heavy atom. The Morgan fingerprint density at radius 1 is 1.21 bits per heavy atom. The number of nitrogens with one attached hydrogen (secondary N) is 2. The number of nitrogens with zero attached hydrogens (tertiary/aromatic N) is 3. The molecule has 3 aromatic rings. The maximum Gasteiger partial charge on any atom is 0.253 e. The molecule has 0 atom stereocenters. The smallest absolute Gasteiger partial charge is 0.253 e. The van der Waals surface area contributed by atoms with Gasteiger partial charge in [0.2, 0.25) is 0 Å². The van der Waals surface area contributed by atoms with E-state index in [1.807, 2.05) is 41.4 Å². The maximum absolute atomic E-state index is 12.7. The van der Waals surface area contributed by atoms with Crippen molar-refractivity contribution in [3.8, 4) is 0 Å². The zero-order chi connectivity index (χ0) is 16.4. The fourth-order valence-corrected chi connectivity index (χ4v) is 3.18. The van der Waals surface area contributed by atoms with Crippen LogP contribution in [0.2, 0.25) is 0 Å². The molecule has 1 fully saturated rings. The maximum atomic E-state index is 12.7. The number of benzene rings is 1. The van der Waals surface area contributed by atoms with E-state index < -0.39 is 0 Å². The standard InChI is InChI=1S/C18H19N5O/c24-18(14-1-2-16-13(11-14)3-8-20-16)23-9-5-15(6-10-23)22-17-4-7-19-12-21-17/h1-4,7-8,11-12,15,20H,5-6,9-10H2,(H,19,21,22). The van der Waals surface area contributed by atoms with Crippen molar-refractivity contribution in [3.63, 3.8) is 0 Å². The van der Waals surface area contributed by atoms with Crippen molar-refractivity contribution in [3.05, 3.63) is 54.6 Å². The van der Waals surface area contributed by atoms with Crippen LogP contribution in [0.1, 0.15) is 23.2 Å². The fraction of sp³-hybridized carbons (Fsp3) is 0.278. The van der Waals surface area contributed by atoms with Gasteiger partial charge in [-0.2, -0.15) is 0 Å². The summed E-state index contributed by atoms with van der Waals surface area (Å²) in [4.78, 5) is 25.9. The van der Waals surface area contributed by atoms with Gasteiger partial charge in [0.05, 0.1) is 0 Å². The quantitative estimate of drug-likeness (QED) is 0.778. The number of fused-ring (bicyclic) bond motifs is 1. The van der Waals surface area contributed by atoms with Gasteiger partial charge in [0.1, 0.15) is 12.1 Å². The van der Waals surface area contributed by atoms with E-state index in [-0.39, 0.29) is 5.91 Å². The van der Waals surface area contributed by atoms with E-state index in [2.05, 4.69) is 20.3 Å². The minimum Gasteiger partial charge on any atom is -0.367 e. The van der Waals surface area contributed by atoms with Crippen molar-refractivity contribution in [2.24, 2.45) is 0 Å². The Bertz CT molecular complexity index is 837. The molecule has 24 heavy (non-hydrogen) atoms. The van der Waals surface area contributed by atoms with Gasteiger partial charge in [0.25, 0.3) is 5.91 Å². The number of carbonyl (C=O) groups is 1. The number of hydrogen-bond donors (Lipinski definition) is 2. The summed E-state index contributed by atoms with van der Waals surface area (Å²) < 4.78 is 0. The molecule has 4 rings (SSSR count). The lowest BCUT2D eigenvalue weighted by molar-refractivity contribution is 0.0718. The zero-order valence-corrected chi connectivity index (χ0v) is 13.3. The highest BCUT2D eigenvalue weighted by Crippen LogP contribution is 2.19. The number of amides is 1. The number of rotatable bonds is 3. The molecule has 6 heteroatoms. The minimum atomic E-state index is 0.110. The summed E-state index contributed by atoms with van der Waals surface area (Å²) in [6.45, 7) is 1.51. The van der Waals surface area contributed by atoms with Crippen LogP contribution in [-0.4, -0.2) is 44.9 Å². The molecule has 2 N–H and O–H groups in total. The summed E-state index contributed by atoms with van der Waals surface area (Å²) in [5.41, 5.74) is 1.81. The average Bonchev–Trinajstić information content (AvgIpc) is 3.10. The van der Waals surface area contributed by atoms with Gasteiger partial charge in [-0.3, -0.25) is 4.79 Å². The second kappa shape index (κ2) is 6.31. The number of piperidine rings is 1. The van der Waals surface area contributed by atoms with Gasteiger partial charge in [-0.15, -0.1) is 0 Å². The molecule has 6 nitrogen and oxygen atoms in total. The summed E-state index contributed by atoms with van der Waals surface area (Å²) in [5, 5.41) is 4.48. The fourth-order valence-electron chi connectivity index (χ4n) is 3.18. The first-order valence-corrected chi connectivity index (χ1v) is 8.18. The van der Waals surface area contributed by atoms with Crippen molar-refractivity contribution < 1.29 is 4.79 Å². The van der Waals surface area contributed by atoms with E-state index in [1.54, 1.807) is 6.20 Å². The van der Waals surface area contributed by atoms with Crippen LogP contribution in [0.15, 0.2) is 49.1 Å². The minimum absolute atomic E-state index is 0.110. The highest BCUT2D eigenvalue weighted by molar-refractivity contribution is 5.98. The third-order valence-corrected chi connectivity index (χ3v) is 4.52. The van der Waals surface area contributed by atoms with Crippen molar-refractivity contribution in [1.29, 1.82) is 0 Å². The topological polar surface area (TPSA) is 73.9 Å². The largest absolute Gasteiger partial charge is 0.367 e. The van der Waals surface area contributed by atoms with Gasteiger partial charge >= 0.3 is 0 Å². The van der Waals surface area contributed by atoms with Crippen LogP contribution in [0.25, 0.3) is 10.9 Å². The summed E-state index contributed by atoms with van der Waals surface area (Å²) in [7, 11) is 0. The molecule has 2 aromatic heterocycles. The predicted molar refractivity (Wildman–Crippen MR) is 92.9 cm³/mol. The molecular weight excluding hydrogens is 302 g/mol. The molecule has 1 amide bonds. The van der Waals surface area contributed by atoms with Gasteiger partial charge in [-0.05, 0) is 43.2 Å². The van der Waals surface area contributed by atoms with E-state index in [0.29, 0.717) is 6.04 Å². The Kier molecular flexibility index (Phi) is 3.86. The molecule has 0 unspecified atom stereocenters. The average molecular weight is 321 g/mol. The molecule has 0 saturated carbocycles. The molecule has 1 aliphatic rings. The van der Waals surface area contributed by atoms with Crippen LogP contribution in [0.5, 0.6) is 0 Å².